The van der Waals surface area contributed by atoms with E-state index in [1.165, 1.54) is 25.7 Å². The third-order valence-electron chi connectivity index (χ3n) is 6.80. The van der Waals surface area contributed by atoms with E-state index >= 15 is 0 Å². The van der Waals surface area contributed by atoms with E-state index in [9.17, 15) is 4.79 Å². The fraction of sp³-hybridized carbons (Fsp3) is 0.682. The van der Waals surface area contributed by atoms with Gasteiger partial charge in [0.2, 0.25) is 5.91 Å². The molecule has 1 aromatic carbocycles. The average Bonchev–Trinajstić information content (AvgIpc) is 3.35. The number of fused-ring (bicyclic) bond motifs is 1. The Morgan fingerprint density at radius 2 is 1.93 bits per heavy atom. The minimum absolute atomic E-state index is 0.156. The summed E-state index contributed by atoms with van der Waals surface area (Å²) >= 11 is 0. The van der Waals surface area contributed by atoms with Gasteiger partial charge in [-0.25, -0.2) is 0 Å². The topological polar surface area (TPSA) is 56.8 Å². The maximum absolute atomic E-state index is 12.6. The molecule has 4 atom stereocenters. The summed E-state index contributed by atoms with van der Waals surface area (Å²) < 4.78 is 16.6. The lowest BCUT2D eigenvalue weighted by Gasteiger charge is -2.50. The predicted molar refractivity (Wildman–Crippen MR) is 103 cm³/mol. The van der Waals surface area contributed by atoms with Crippen LogP contribution in [0.5, 0.6) is 11.5 Å². The molecule has 3 aliphatic rings. The van der Waals surface area contributed by atoms with Crippen molar-refractivity contribution in [2.75, 3.05) is 20.8 Å². The average molecular weight is 373 g/mol. The Hall–Kier alpha value is -1.75. The van der Waals surface area contributed by atoms with E-state index in [1.807, 2.05) is 18.2 Å². The Labute approximate surface area is 161 Å². The molecule has 0 bridgehead atoms. The highest BCUT2D eigenvalue weighted by Crippen LogP contribution is 2.51. The Kier molecular flexibility index (Phi) is 5.58. The molecule has 1 N–H and O–H groups in total. The molecule has 148 valence electrons. The Morgan fingerprint density at radius 1 is 1.15 bits per heavy atom. The van der Waals surface area contributed by atoms with Crippen molar-refractivity contribution in [1.29, 1.82) is 0 Å². The van der Waals surface area contributed by atoms with Crippen LogP contribution in [0.2, 0.25) is 0 Å². The van der Waals surface area contributed by atoms with Gasteiger partial charge in [-0.3, -0.25) is 4.79 Å². The highest BCUT2D eigenvalue weighted by Gasteiger charge is 2.56. The number of hydrogen-bond donors (Lipinski definition) is 1. The first-order valence-corrected chi connectivity index (χ1v) is 10.3. The number of methoxy groups -OCH3 is 2. The zero-order chi connectivity index (χ0) is 18.8. The number of aryl methyl sites for hydroxylation is 1. The van der Waals surface area contributed by atoms with Crippen LogP contribution in [0.25, 0.3) is 0 Å². The van der Waals surface area contributed by atoms with E-state index in [2.05, 4.69) is 5.32 Å². The van der Waals surface area contributed by atoms with Crippen LogP contribution < -0.4 is 14.8 Å². The van der Waals surface area contributed by atoms with Gasteiger partial charge >= 0.3 is 0 Å². The second-order valence-electron chi connectivity index (χ2n) is 8.19. The quantitative estimate of drug-likeness (QED) is 0.796. The normalized spacial score (nSPS) is 29.9. The van der Waals surface area contributed by atoms with Crippen molar-refractivity contribution in [3.8, 4) is 11.5 Å². The van der Waals surface area contributed by atoms with Crippen LogP contribution in [0.1, 0.15) is 44.1 Å². The fourth-order valence-electron chi connectivity index (χ4n) is 5.41. The van der Waals surface area contributed by atoms with E-state index in [0.29, 0.717) is 48.3 Å². The predicted octanol–water partition coefficient (Wildman–Crippen LogP) is 3.35. The highest BCUT2D eigenvalue weighted by molar-refractivity contribution is 5.76. The van der Waals surface area contributed by atoms with Gasteiger partial charge in [0.05, 0.1) is 20.3 Å². The Balaban J connectivity index is 1.33. The van der Waals surface area contributed by atoms with Crippen LogP contribution in [0.4, 0.5) is 0 Å². The van der Waals surface area contributed by atoms with Crippen LogP contribution in [-0.4, -0.2) is 38.9 Å². The summed E-state index contributed by atoms with van der Waals surface area (Å²) in [7, 11) is 3.26. The summed E-state index contributed by atoms with van der Waals surface area (Å²) in [5.41, 5.74) is 1.09. The molecule has 2 saturated carbocycles. The molecular weight excluding hydrogens is 342 g/mol. The summed E-state index contributed by atoms with van der Waals surface area (Å²) in [6, 6.07) is 6.17. The molecule has 1 aliphatic heterocycles. The van der Waals surface area contributed by atoms with Gasteiger partial charge in [-0.15, -0.1) is 0 Å². The fourth-order valence-corrected chi connectivity index (χ4v) is 5.41. The first-order chi connectivity index (χ1) is 13.2. The van der Waals surface area contributed by atoms with Gasteiger partial charge in [0.1, 0.15) is 0 Å². The number of benzene rings is 1. The van der Waals surface area contributed by atoms with Crippen molar-refractivity contribution in [2.45, 2.75) is 57.1 Å². The van der Waals surface area contributed by atoms with Gasteiger partial charge in [0.15, 0.2) is 11.5 Å². The molecule has 1 amide bonds. The summed E-state index contributed by atoms with van der Waals surface area (Å²) in [6.45, 7) is 0.858. The van der Waals surface area contributed by atoms with Crippen LogP contribution >= 0.6 is 0 Å². The van der Waals surface area contributed by atoms with Crippen molar-refractivity contribution in [3.63, 3.8) is 0 Å². The third-order valence-corrected chi connectivity index (χ3v) is 6.80. The molecule has 0 spiro atoms. The minimum Gasteiger partial charge on any atom is -0.493 e. The van der Waals surface area contributed by atoms with E-state index in [0.717, 1.165) is 24.5 Å². The Morgan fingerprint density at radius 3 is 2.67 bits per heavy atom. The van der Waals surface area contributed by atoms with E-state index in [1.54, 1.807) is 14.2 Å². The molecule has 27 heavy (non-hydrogen) atoms. The van der Waals surface area contributed by atoms with Gasteiger partial charge in [-0.05, 0) is 36.5 Å². The number of carbonyl (C=O) groups excluding carboxylic acids is 1. The van der Waals surface area contributed by atoms with E-state index in [-0.39, 0.29) is 5.91 Å². The summed E-state index contributed by atoms with van der Waals surface area (Å²) in [5.74, 6) is 3.38. The number of ether oxygens (including phenoxy) is 3. The van der Waals surface area contributed by atoms with Crippen LogP contribution in [0.3, 0.4) is 0 Å². The Bertz CT molecular complexity index is 666. The van der Waals surface area contributed by atoms with Gasteiger partial charge in [-0.2, -0.15) is 0 Å². The standard InChI is InChI=1S/C22H31NO4/c1-25-17-9-7-14(13-18(17)26-2)8-10-19(24)23-21-16-11-12-27-22(16)20(21)15-5-3-4-6-15/h7,9,13,15-16,20-22H,3-6,8,10-12H2,1-2H3,(H,23,24)/t16-,20+,21-,22-/m0/s1. The van der Waals surface area contributed by atoms with E-state index in [4.69, 9.17) is 14.2 Å². The van der Waals surface area contributed by atoms with Crippen LogP contribution in [-0.2, 0) is 16.0 Å². The second kappa shape index (κ2) is 8.09. The molecule has 0 radical (unpaired) electrons. The second-order valence-corrected chi connectivity index (χ2v) is 8.19. The summed E-state index contributed by atoms with van der Waals surface area (Å²) in [6.07, 6.45) is 7.96. The minimum atomic E-state index is 0.156. The monoisotopic (exact) mass is 373 g/mol. The number of amides is 1. The van der Waals surface area contributed by atoms with Gasteiger partial charge in [-0.1, -0.05) is 31.7 Å². The molecule has 4 rings (SSSR count). The molecule has 0 unspecified atom stereocenters. The van der Waals surface area contributed by atoms with Gasteiger partial charge in [0.25, 0.3) is 0 Å². The number of nitrogens with one attached hydrogen (secondary N) is 1. The molecule has 2 aliphatic carbocycles. The molecule has 1 saturated heterocycles. The maximum Gasteiger partial charge on any atom is 0.220 e. The van der Waals surface area contributed by atoms with Crippen molar-refractivity contribution in [2.24, 2.45) is 17.8 Å². The number of carbonyl (C=O) groups is 1. The van der Waals surface area contributed by atoms with E-state index < -0.39 is 0 Å². The molecule has 0 aromatic heterocycles. The van der Waals surface area contributed by atoms with Gasteiger partial charge < -0.3 is 19.5 Å². The zero-order valence-corrected chi connectivity index (χ0v) is 16.4. The lowest BCUT2D eigenvalue weighted by molar-refractivity contribution is -0.129. The lowest BCUT2D eigenvalue weighted by atomic mass is 9.61. The van der Waals surface area contributed by atoms with Crippen molar-refractivity contribution in [3.05, 3.63) is 23.8 Å². The van der Waals surface area contributed by atoms with Crippen molar-refractivity contribution < 1.29 is 19.0 Å². The van der Waals surface area contributed by atoms with Crippen LogP contribution in [0, 0.1) is 17.8 Å². The largest absolute Gasteiger partial charge is 0.493 e. The molecule has 5 heteroatoms. The third kappa shape index (κ3) is 3.66. The summed E-state index contributed by atoms with van der Waals surface area (Å²) in [5, 5.41) is 3.36. The number of rotatable bonds is 7. The summed E-state index contributed by atoms with van der Waals surface area (Å²) in [4.78, 5) is 12.6. The van der Waals surface area contributed by atoms with Crippen LogP contribution in [0.15, 0.2) is 18.2 Å². The van der Waals surface area contributed by atoms with Crippen molar-refractivity contribution >= 4 is 5.91 Å². The number of hydrogen-bond acceptors (Lipinski definition) is 4. The smallest absolute Gasteiger partial charge is 0.220 e. The lowest BCUT2D eigenvalue weighted by Crippen LogP contribution is -2.63. The first-order valence-electron chi connectivity index (χ1n) is 10.3. The maximum atomic E-state index is 12.6. The van der Waals surface area contributed by atoms with Crippen molar-refractivity contribution in [1.82, 2.24) is 5.32 Å². The first kappa shape index (κ1) is 18.6. The molecule has 5 nitrogen and oxygen atoms in total. The zero-order valence-electron chi connectivity index (χ0n) is 16.4. The van der Waals surface area contributed by atoms with Gasteiger partial charge in [0, 0.05) is 30.9 Å². The molecule has 1 heterocycles. The molecule has 3 fully saturated rings. The molecular formula is C22H31NO4. The molecule has 1 aromatic rings. The SMILES string of the molecule is COc1ccc(CCC(=O)N[C@H]2[C@@H]3CCO[C@@H]3[C@@H]2C2CCCC2)cc1OC. The highest BCUT2D eigenvalue weighted by atomic mass is 16.5.